The Hall–Kier alpha value is -0.910. The number of terminal acetylenes is 1. The van der Waals surface area contributed by atoms with Gasteiger partial charge >= 0.3 is 0 Å². The lowest BCUT2D eigenvalue weighted by Gasteiger charge is -2.18. The van der Waals surface area contributed by atoms with Crippen LogP contribution in [-0.2, 0) is 0 Å². The van der Waals surface area contributed by atoms with Gasteiger partial charge in [-0.15, -0.1) is 18.2 Å². The van der Waals surface area contributed by atoms with Crippen LogP contribution < -0.4 is 5.32 Å². The average Bonchev–Trinajstić information content (AvgIpc) is 2.72. The first-order valence-electron chi connectivity index (χ1n) is 5.79. The van der Waals surface area contributed by atoms with Crippen molar-refractivity contribution in [1.29, 1.82) is 0 Å². The third-order valence-corrected chi connectivity index (χ3v) is 4.06. The van der Waals surface area contributed by atoms with Gasteiger partial charge in [-0.3, -0.25) is 5.32 Å². The molecule has 1 N–H and O–H groups in total. The van der Waals surface area contributed by atoms with Crippen LogP contribution in [0.2, 0.25) is 0 Å². The second-order valence-corrected chi connectivity index (χ2v) is 5.14. The molecule has 0 saturated carbocycles. The second-order valence-electron chi connectivity index (χ2n) is 4.08. The van der Waals surface area contributed by atoms with Gasteiger partial charge in [-0.2, -0.15) is 0 Å². The molecule has 0 saturated heterocycles. The molecule has 2 rings (SSSR count). The molecular weight excluding hydrogens is 214 g/mol. The maximum Gasteiger partial charge on any atom is 0.0691 e. The van der Waals surface area contributed by atoms with Crippen molar-refractivity contribution in [2.45, 2.75) is 36.7 Å². The molecule has 84 valence electrons. The number of rotatable bonds is 4. The Morgan fingerprint density at radius 3 is 3.12 bits per heavy atom. The first-order valence-corrected chi connectivity index (χ1v) is 6.77. The van der Waals surface area contributed by atoms with Crippen molar-refractivity contribution in [2.75, 3.05) is 5.75 Å². The van der Waals surface area contributed by atoms with Crippen molar-refractivity contribution in [1.82, 2.24) is 5.32 Å². The van der Waals surface area contributed by atoms with E-state index in [1.807, 2.05) is 11.8 Å². The van der Waals surface area contributed by atoms with Gasteiger partial charge in [0.2, 0.25) is 0 Å². The fraction of sp³-hybridized carbons (Fsp3) is 0.429. The molecule has 0 amide bonds. The van der Waals surface area contributed by atoms with Crippen molar-refractivity contribution in [3.8, 4) is 12.3 Å². The Morgan fingerprint density at radius 2 is 2.38 bits per heavy atom. The van der Waals surface area contributed by atoms with E-state index in [-0.39, 0.29) is 6.04 Å². The molecule has 0 spiro atoms. The van der Waals surface area contributed by atoms with Crippen molar-refractivity contribution >= 4 is 11.8 Å². The minimum Gasteiger partial charge on any atom is -0.296 e. The number of hydrogen-bond donors (Lipinski definition) is 1. The molecule has 0 bridgehead atoms. The van der Waals surface area contributed by atoms with E-state index in [0.29, 0.717) is 6.04 Å². The Kier molecular flexibility index (Phi) is 3.93. The van der Waals surface area contributed by atoms with E-state index in [1.54, 1.807) is 0 Å². The molecule has 0 radical (unpaired) electrons. The third-order valence-electron chi connectivity index (χ3n) is 2.88. The molecule has 1 heterocycles. The maximum absolute atomic E-state index is 5.54. The molecule has 1 aliphatic rings. The van der Waals surface area contributed by atoms with Crippen LogP contribution in [0.25, 0.3) is 0 Å². The Bertz CT molecular complexity index is 394. The van der Waals surface area contributed by atoms with E-state index in [0.717, 1.165) is 18.6 Å². The molecular formula is C14H17NS. The van der Waals surface area contributed by atoms with Gasteiger partial charge in [-0.1, -0.05) is 37.5 Å². The molecule has 0 aromatic heterocycles. The van der Waals surface area contributed by atoms with E-state index in [4.69, 9.17) is 6.42 Å². The zero-order valence-corrected chi connectivity index (χ0v) is 10.4. The molecule has 0 aliphatic carbocycles. The van der Waals surface area contributed by atoms with Gasteiger partial charge in [-0.25, -0.2) is 0 Å². The second kappa shape index (κ2) is 5.43. The first kappa shape index (κ1) is 11.6. The van der Waals surface area contributed by atoms with E-state index in [1.165, 1.54) is 10.5 Å². The minimum atomic E-state index is 0.210. The summed E-state index contributed by atoms with van der Waals surface area (Å²) in [6.07, 6.45) is 7.72. The summed E-state index contributed by atoms with van der Waals surface area (Å²) in [6.45, 7) is 2.17. The maximum atomic E-state index is 5.54. The fourth-order valence-electron chi connectivity index (χ4n) is 2.05. The fourth-order valence-corrected chi connectivity index (χ4v) is 3.22. The number of hydrogen-bond acceptors (Lipinski definition) is 2. The summed E-state index contributed by atoms with van der Waals surface area (Å²) in [5.74, 6) is 3.94. The quantitative estimate of drug-likeness (QED) is 0.799. The van der Waals surface area contributed by atoms with Crippen LogP contribution >= 0.6 is 11.8 Å². The Balaban J connectivity index is 2.05. The summed E-state index contributed by atoms with van der Waals surface area (Å²) < 4.78 is 0. The van der Waals surface area contributed by atoms with Gasteiger partial charge in [-0.05, 0) is 18.1 Å². The molecule has 2 heteroatoms. The van der Waals surface area contributed by atoms with E-state index in [2.05, 4.69) is 42.4 Å². The Morgan fingerprint density at radius 1 is 1.56 bits per heavy atom. The van der Waals surface area contributed by atoms with Gasteiger partial charge in [0.05, 0.1) is 6.04 Å². The number of thioether (sulfide) groups is 1. The van der Waals surface area contributed by atoms with Gasteiger partial charge in [0, 0.05) is 16.7 Å². The summed E-state index contributed by atoms with van der Waals surface area (Å²) in [5.41, 5.74) is 1.41. The summed E-state index contributed by atoms with van der Waals surface area (Å²) in [6, 6.07) is 9.22. The molecule has 1 aliphatic heterocycles. The van der Waals surface area contributed by atoms with Crippen LogP contribution in [0.4, 0.5) is 0 Å². The molecule has 2 unspecified atom stereocenters. The zero-order chi connectivity index (χ0) is 11.4. The molecule has 0 fully saturated rings. The van der Waals surface area contributed by atoms with Crippen LogP contribution in [0.1, 0.15) is 31.4 Å². The Labute approximate surface area is 102 Å². The molecule has 1 nitrogen and oxygen atoms in total. The topological polar surface area (TPSA) is 12.0 Å². The van der Waals surface area contributed by atoms with Gasteiger partial charge < -0.3 is 0 Å². The molecule has 16 heavy (non-hydrogen) atoms. The predicted molar refractivity (Wildman–Crippen MR) is 70.6 cm³/mol. The summed E-state index contributed by atoms with van der Waals surface area (Å²) in [4.78, 5) is 1.40. The highest BCUT2D eigenvalue weighted by molar-refractivity contribution is 7.99. The summed E-state index contributed by atoms with van der Waals surface area (Å²) >= 11 is 1.92. The highest BCUT2D eigenvalue weighted by Crippen LogP contribution is 2.37. The molecule has 1 aromatic carbocycles. The van der Waals surface area contributed by atoms with E-state index < -0.39 is 0 Å². The van der Waals surface area contributed by atoms with Crippen LogP contribution in [0.15, 0.2) is 29.2 Å². The minimum absolute atomic E-state index is 0.210. The van der Waals surface area contributed by atoms with Crippen molar-refractivity contribution in [2.24, 2.45) is 0 Å². The lowest BCUT2D eigenvalue weighted by Crippen LogP contribution is -2.31. The van der Waals surface area contributed by atoms with Crippen molar-refractivity contribution in [3.05, 3.63) is 29.8 Å². The molecule has 2 atom stereocenters. The van der Waals surface area contributed by atoms with Gasteiger partial charge in [0.15, 0.2) is 0 Å². The normalized spacial score (nSPS) is 20.1. The zero-order valence-electron chi connectivity index (χ0n) is 9.57. The predicted octanol–water partition coefficient (Wildman–Crippen LogP) is 3.22. The highest BCUT2D eigenvalue weighted by atomic mass is 32.2. The summed E-state index contributed by atoms with van der Waals surface area (Å²) in [5, 5.41) is 3.57. The molecule has 1 aromatic rings. The third kappa shape index (κ3) is 2.42. The van der Waals surface area contributed by atoms with E-state index in [9.17, 15) is 0 Å². The van der Waals surface area contributed by atoms with Crippen LogP contribution in [-0.4, -0.2) is 11.8 Å². The average molecular weight is 231 g/mol. The lowest BCUT2D eigenvalue weighted by molar-refractivity contribution is 0.501. The van der Waals surface area contributed by atoms with Gasteiger partial charge in [0.1, 0.15) is 0 Å². The smallest absolute Gasteiger partial charge is 0.0691 e. The van der Waals surface area contributed by atoms with Crippen LogP contribution in [0, 0.1) is 12.3 Å². The SMILES string of the molecule is C#CC(CCC)NC1CSc2ccccc21. The largest absolute Gasteiger partial charge is 0.296 e. The van der Waals surface area contributed by atoms with Crippen LogP contribution in [0.5, 0.6) is 0 Å². The lowest BCUT2D eigenvalue weighted by atomic mass is 10.1. The van der Waals surface area contributed by atoms with Gasteiger partial charge in [0.25, 0.3) is 0 Å². The number of nitrogens with one attached hydrogen (secondary N) is 1. The van der Waals surface area contributed by atoms with Crippen molar-refractivity contribution < 1.29 is 0 Å². The standard InChI is InChI=1S/C14H17NS/c1-3-7-11(4-2)15-13-10-16-14-9-6-5-8-12(13)14/h2,5-6,8-9,11,13,15H,3,7,10H2,1H3. The number of benzene rings is 1. The van der Waals surface area contributed by atoms with Crippen molar-refractivity contribution in [3.63, 3.8) is 0 Å². The first-order chi connectivity index (χ1) is 7.85. The number of fused-ring (bicyclic) bond motifs is 1. The summed E-state index contributed by atoms with van der Waals surface area (Å²) in [7, 11) is 0. The van der Waals surface area contributed by atoms with Crippen LogP contribution in [0.3, 0.4) is 0 Å². The monoisotopic (exact) mass is 231 g/mol. The van der Waals surface area contributed by atoms with E-state index >= 15 is 0 Å². The highest BCUT2D eigenvalue weighted by Gasteiger charge is 2.23.